The molecule has 1 aliphatic carbocycles. The van der Waals surface area contributed by atoms with E-state index in [1.54, 1.807) is 0 Å². The minimum atomic E-state index is -0.0519. The average molecular weight is 318 g/mol. The van der Waals surface area contributed by atoms with Crippen molar-refractivity contribution in [3.05, 3.63) is 22.5 Å². The number of nitrogens with one attached hydrogen (secondary N) is 1. The predicted octanol–water partition coefficient (Wildman–Crippen LogP) is 2.73. The quantitative estimate of drug-likeness (QED) is 0.866. The van der Waals surface area contributed by atoms with Gasteiger partial charge in [-0.05, 0) is 38.2 Å². The van der Waals surface area contributed by atoms with Gasteiger partial charge in [0.05, 0.1) is 12.2 Å². The first-order valence-corrected chi connectivity index (χ1v) is 8.37. The van der Waals surface area contributed by atoms with Crippen LogP contribution >= 0.6 is 0 Å². The van der Waals surface area contributed by atoms with Gasteiger partial charge in [-0.15, -0.1) is 0 Å². The van der Waals surface area contributed by atoms with Crippen molar-refractivity contribution in [1.82, 2.24) is 9.88 Å². The van der Waals surface area contributed by atoms with Gasteiger partial charge in [-0.2, -0.15) is 0 Å². The lowest BCUT2D eigenvalue weighted by Gasteiger charge is -2.35. The first-order valence-electron chi connectivity index (χ1n) is 8.37. The van der Waals surface area contributed by atoms with Gasteiger partial charge in [-0.3, -0.25) is 9.59 Å². The van der Waals surface area contributed by atoms with Crippen LogP contribution in [0.3, 0.4) is 0 Å². The molecule has 1 aliphatic heterocycles. The molecular formula is C18H26N2O3. The molecular weight excluding hydrogens is 292 g/mol. The van der Waals surface area contributed by atoms with Gasteiger partial charge in [0.2, 0.25) is 0 Å². The lowest BCUT2D eigenvalue weighted by Crippen LogP contribution is -2.48. The highest BCUT2D eigenvalue weighted by atomic mass is 16.5. The smallest absolute Gasteiger partial charge is 0.270 e. The summed E-state index contributed by atoms with van der Waals surface area (Å²) in [6, 6.07) is 0. The highest BCUT2D eigenvalue weighted by Crippen LogP contribution is 2.37. The number of H-pyrrole nitrogens is 1. The van der Waals surface area contributed by atoms with E-state index in [1.807, 2.05) is 25.7 Å². The van der Waals surface area contributed by atoms with E-state index < -0.39 is 0 Å². The molecule has 1 N–H and O–H groups in total. The molecule has 0 spiro atoms. The molecule has 2 aliphatic rings. The van der Waals surface area contributed by atoms with Crippen molar-refractivity contribution < 1.29 is 14.3 Å². The van der Waals surface area contributed by atoms with Gasteiger partial charge < -0.3 is 14.6 Å². The van der Waals surface area contributed by atoms with Gasteiger partial charge in [-0.25, -0.2) is 0 Å². The summed E-state index contributed by atoms with van der Waals surface area (Å²) in [6.07, 6.45) is 1.41. The number of amides is 1. The number of carbonyl (C=O) groups is 2. The first-order chi connectivity index (χ1) is 10.7. The fraction of sp³-hybridized carbons (Fsp3) is 0.667. The number of hydrogen-bond donors (Lipinski definition) is 1. The zero-order chi connectivity index (χ0) is 16.9. The number of morpholine rings is 1. The molecule has 5 heteroatoms. The second-order valence-electron chi connectivity index (χ2n) is 7.89. The number of nitrogens with zero attached hydrogens (tertiary/aromatic N) is 1. The number of hydrogen-bond acceptors (Lipinski definition) is 3. The third kappa shape index (κ3) is 2.94. The molecule has 0 unspecified atom stereocenters. The highest BCUT2D eigenvalue weighted by molar-refractivity contribution is 6.04. The van der Waals surface area contributed by atoms with E-state index in [4.69, 9.17) is 4.74 Å². The van der Waals surface area contributed by atoms with Crippen LogP contribution in [0.4, 0.5) is 0 Å². The van der Waals surface area contributed by atoms with E-state index in [1.165, 1.54) is 0 Å². The summed E-state index contributed by atoms with van der Waals surface area (Å²) >= 11 is 0. The van der Waals surface area contributed by atoms with Crippen LogP contribution in [-0.4, -0.2) is 46.9 Å². The molecule has 3 rings (SSSR count). The largest absolute Gasteiger partial charge is 0.372 e. The summed E-state index contributed by atoms with van der Waals surface area (Å²) in [6.45, 7) is 11.2. The molecule has 0 aromatic carbocycles. The number of Topliss-reactive ketones (excluding diaryl/α,β-unsaturated/α-hetero) is 1. The van der Waals surface area contributed by atoms with E-state index >= 15 is 0 Å². The Kier molecular flexibility index (Phi) is 3.87. The van der Waals surface area contributed by atoms with Crippen LogP contribution in [0.1, 0.15) is 66.2 Å². The summed E-state index contributed by atoms with van der Waals surface area (Å²) in [4.78, 5) is 30.5. The molecule has 2 atom stereocenters. The number of ether oxygens (including phenoxy) is 1. The zero-order valence-corrected chi connectivity index (χ0v) is 14.7. The Balaban J connectivity index is 1.93. The summed E-state index contributed by atoms with van der Waals surface area (Å²) in [7, 11) is 0. The number of aromatic amines is 1. The van der Waals surface area contributed by atoms with Gasteiger partial charge in [0, 0.05) is 30.8 Å². The fourth-order valence-electron chi connectivity index (χ4n) is 3.95. The van der Waals surface area contributed by atoms with E-state index in [2.05, 4.69) is 18.8 Å². The van der Waals surface area contributed by atoms with Crippen molar-refractivity contribution in [3.63, 3.8) is 0 Å². The monoisotopic (exact) mass is 318 g/mol. The third-order valence-corrected chi connectivity index (χ3v) is 4.82. The summed E-state index contributed by atoms with van der Waals surface area (Å²) in [5, 5.41) is 0. The van der Waals surface area contributed by atoms with Crippen molar-refractivity contribution >= 4 is 11.7 Å². The molecule has 1 aromatic heterocycles. The van der Waals surface area contributed by atoms with Crippen LogP contribution in [0.25, 0.3) is 0 Å². The topological polar surface area (TPSA) is 62.4 Å². The maximum absolute atomic E-state index is 12.9. The lowest BCUT2D eigenvalue weighted by molar-refractivity contribution is -0.0587. The Morgan fingerprint density at radius 3 is 2.43 bits per heavy atom. The molecule has 1 amide bonds. The predicted molar refractivity (Wildman–Crippen MR) is 87.9 cm³/mol. The normalized spacial score (nSPS) is 27.0. The molecule has 2 heterocycles. The number of rotatable bonds is 1. The van der Waals surface area contributed by atoms with Gasteiger partial charge >= 0.3 is 0 Å². The maximum Gasteiger partial charge on any atom is 0.270 e. The average Bonchev–Trinajstić information content (AvgIpc) is 2.72. The van der Waals surface area contributed by atoms with Crippen LogP contribution in [0.5, 0.6) is 0 Å². The van der Waals surface area contributed by atoms with Crippen LogP contribution in [0.15, 0.2) is 0 Å². The molecule has 0 bridgehead atoms. The fourth-order valence-corrected chi connectivity index (χ4v) is 3.95. The van der Waals surface area contributed by atoms with Gasteiger partial charge in [-0.1, -0.05) is 13.8 Å². The van der Waals surface area contributed by atoms with Gasteiger partial charge in [0.25, 0.3) is 5.91 Å². The molecule has 1 saturated heterocycles. The van der Waals surface area contributed by atoms with Crippen LogP contribution in [0.2, 0.25) is 0 Å². The number of carbonyl (C=O) groups excluding carboxylic acids is 2. The second-order valence-corrected chi connectivity index (χ2v) is 7.89. The number of ketones is 1. The maximum atomic E-state index is 12.9. The van der Waals surface area contributed by atoms with Crippen molar-refractivity contribution in [2.45, 2.75) is 59.7 Å². The van der Waals surface area contributed by atoms with Crippen molar-refractivity contribution in [2.24, 2.45) is 5.41 Å². The molecule has 23 heavy (non-hydrogen) atoms. The molecule has 1 aromatic rings. The van der Waals surface area contributed by atoms with E-state index in [0.717, 1.165) is 23.2 Å². The molecule has 0 radical (unpaired) electrons. The Morgan fingerprint density at radius 1 is 1.22 bits per heavy atom. The van der Waals surface area contributed by atoms with Gasteiger partial charge in [0.1, 0.15) is 5.69 Å². The van der Waals surface area contributed by atoms with E-state index in [-0.39, 0.29) is 29.3 Å². The van der Waals surface area contributed by atoms with E-state index in [0.29, 0.717) is 25.2 Å². The van der Waals surface area contributed by atoms with Crippen LogP contribution in [0, 0.1) is 12.3 Å². The van der Waals surface area contributed by atoms with Gasteiger partial charge in [0.15, 0.2) is 5.78 Å². The lowest BCUT2D eigenvalue weighted by atomic mass is 9.75. The standard InChI is InChI=1S/C18H26N2O3/c1-10-8-20(9-11(2)23-10)17(22)16-12(3)15-13(19-16)6-18(4,5)7-14(15)21/h10-11,19H,6-9H2,1-5H3/t10-,11+. The van der Waals surface area contributed by atoms with Crippen molar-refractivity contribution in [2.75, 3.05) is 13.1 Å². The molecule has 1 fully saturated rings. The third-order valence-electron chi connectivity index (χ3n) is 4.82. The molecule has 0 saturated carbocycles. The number of aromatic nitrogens is 1. The Morgan fingerprint density at radius 2 is 1.83 bits per heavy atom. The van der Waals surface area contributed by atoms with Crippen molar-refractivity contribution in [3.8, 4) is 0 Å². The molecule has 126 valence electrons. The Bertz CT molecular complexity index is 649. The summed E-state index contributed by atoms with van der Waals surface area (Å²) in [5.41, 5.74) is 2.98. The molecule has 5 nitrogen and oxygen atoms in total. The Labute approximate surface area is 137 Å². The minimum Gasteiger partial charge on any atom is -0.372 e. The first kappa shape index (κ1) is 16.2. The zero-order valence-electron chi connectivity index (χ0n) is 14.7. The van der Waals surface area contributed by atoms with Crippen molar-refractivity contribution in [1.29, 1.82) is 0 Å². The second kappa shape index (κ2) is 5.48. The van der Waals surface area contributed by atoms with Crippen LogP contribution in [-0.2, 0) is 11.2 Å². The summed E-state index contributed by atoms with van der Waals surface area (Å²) in [5.74, 6) is 0.122. The Hall–Kier alpha value is -1.62. The SMILES string of the molecule is Cc1c(C(=O)N2C[C@@H](C)O[C@@H](C)C2)[nH]c2c1C(=O)CC(C)(C)C2. The van der Waals surface area contributed by atoms with Crippen LogP contribution < -0.4 is 0 Å². The minimum absolute atomic E-state index is 0.0236. The van der Waals surface area contributed by atoms with E-state index in [9.17, 15) is 9.59 Å². The summed E-state index contributed by atoms with van der Waals surface area (Å²) < 4.78 is 5.70. The number of fused-ring (bicyclic) bond motifs is 1. The highest BCUT2D eigenvalue weighted by Gasteiger charge is 2.36.